The molecule has 1 amide bonds. The van der Waals surface area contributed by atoms with Crippen molar-refractivity contribution in [1.29, 1.82) is 0 Å². The number of halogens is 2. The average Bonchev–Trinajstić information content (AvgIpc) is 2.88. The Bertz CT molecular complexity index is 439. The summed E-state index contributed by atoms with van der Waals surface area (Å²) in [7, 11) is 0. The molecule has 0 spiro atoms. The lowest BCUT2D eigenvalue weighted by molar-refractivity contribution is -0.121. The van der Waals surface area contributed by atoms with Crippen LogP contribution in [0.2, 0.25) is 0 Å². The second-order valence-electron chi connectivity index (χ2n) is 4.99. The summed E-state index contributed by atoms with van der Waals surface area (Å²) in [5, 5.41) is 6.04. The summed E-state index contributed by atoms with van der Waals surface area (Å²) in [6.45, 7) is 3.75. The van der Waals surface area contributed by atoms with Gasteiger partial charge < -0.3 is 10.6 Å². The molecule has 3 nitrogen and oxygen atoms in total. The molecule has 0 aromatic heterocycles. The average molecular weight is 268 g/mol. The Labute approximate surface area is 111 Å². The summed E-state index contributed by atoms with van der Waals surface area (Å²) in [5.74, 6) is -1.31. The topological polar surface area (TPSA) is 41.1 Å². The van der Waals surface area contributed by atoms with Crippen molar-refractivity contribution in [2.24, 2.45) is 5.92 Å². The van der Waals surface area contributed by atoms with E-state index in [1.54, 1.807) is 0 Å². The summed E-state index contributed by atoms with van der Waals surface area (Å²) in [6.07, 6.45) is 0.749. The summed E-state index contributed by atoms with van der Waals surface area (Å²) >= 11 is 0. The number of hydrogen-bond acceptors (Lipinski definition) is 2. The Kier molecular flexibility index (Phi) is 4.47. The summed E-state index contributed by atoms with van der Waals surface area (Å²) < 4.78 is 26.8. The molecule has 5 heteroatoms. The molecule has 1 saturated heterocycles. The lowest BCUT2D eigenvalue weighted by Crippen LogP contribution is -2.39. The Morgan fingerprint density at radius 2 is 2.16 bits per heavy atom. The molecule has 1 fully saturated rings. The van der Waals surface area contributed by atoms with E-state index in [0.717, 1.165) is 31.6 Å². The summed E-state index contributed by atoms with van der Waals surface area (Å²) in [6, 6.07) is 3.63. The highest BCUT2D eigenvalue weighted by atomic mass is 19.1. The second kappa shape index (κ2) is 6.10. The largest absolute Gasteiger partial charge is 0.353 e. The van der Waals surface area contributed by atoms with Gasteiger partial charge in [0.15, 0.2) is 0 Å². The van der Waals surface area contributed by atoms with Crippen LogP contribution in [0.4, 0.5) is 8.78 Å². The number of carbonyl (C=O) groups excluding carboxylic acids is 1. The van der Waals surface area contributed by atoms with Gasteiger partial charge in [0, 0.05) is 11.6 Å². The Morgan fingerprint density at radius 3 is 2.74 bits per heavy atom. The van der Waals surface area contributed by atoms with Crippen LogP contribution in [0.5, 0.6) is 0 Å². The molecule has 0 radical (unpaired) electrons. The van der Waals surface area contributed by atoms with Gasteiger partial charge in [0.1, 0.15) is 11.6 Å². The van der Waals surface area contributed by atoms with E-state index in [1.165, 1.54) is 6.07 Å². The SMILES string of the molecule is CC(NC(=O)Cc1c(F)cccc1F)C1CCNC1. The molecule has 2 N–H and O–H groups in total. The third-order valence-electron chi connectivity index (χ3n) is 3.59. The molecule has 19 heavy (non-hydrogen) atoms. The highest BCUT2D eigenvalue weighted by Gasteiger charge is 2.23. The van der Waals surface area contributed by atoms with Gasteiger partial charge in [-0.15, -0.1) is 0 Å². The predicted octanol–water partition coefficient (Wildman–Crippen LogP) is 1.62. The van der Waals surface area contributed by atoms with E-state index in [9.17, 15) is 13.6 Å². The fourth-order valence-corrected chi connectivity index (χ4v) is 2.39. The maximum atomic E-state index is 13.4. The van der Waals surface area contributed by atoms with Gasteiger partial charge in [-0.1, -0.05) is 6.07 Å². The number of nitrogens with one attached hydrogen (secondary N) is 2. The van der Waals surface area contributed by atoms with Crippen molar-refractivity contribution in [2.45, 2.75) is 25.8 Å². The van der Waals surface area contributed by atoms with Crippen molar-refractivity contribution >= 4 is 5.91 Å². The normalized spacial score (nSPS) is 20.3. The monoisotopic (exact) mass is 268 g/mol. The quantitative estimate of drug-likeness (QED) is 0.871. The minimum atomic E-state index is -0.676. The number of carbonyl (C=O) groups is 1. The third-order valence-corrected chi connectivity index (χ3v) is 3.59. The van der Waals surface area contributed by atoms with Gasteiger partial charge in [-0.2, -0.15) is 0 Å². The fourth-order valence-electron chi connectivity index (χ4n) is 2.39. The van der Waals surface area contributed by atoms with Crippen LogP contribution in [0.1, 0.15) is 18.9 Å². The molecule has 2 unspecified atom stereocenters. The van der Waals surface area contributed by atoms with E-state index < -0.39 is 11.6 Å². The Balaban J connectivity index is 1.93. The van der Waals surface area contributed by atoms with E-state index in [2.05, 4.69) is 10.6 Å². The standard InChI is InChI=1S/C14H18F2N2O/c1-9(10-5-6-17-8-10)18-14(19)7-11-12(15)3-2-4-13(11)16/h2-4,9-10,17H,5-8H2,1H3,(H,18,19). The molecule has 1 aromatic carbocycles. The van der Waals surface area contributed by atoms with Gasteiger partial charge in [-0.05, 0) is 44.5 Å². The lowest BCUT2D eigenvalue weighted by Gasteiger charge is -2.20. The van der Waals surface area contributed by atoms with E-state index >= 15 is 0 Å². The molecule has 1 aliphatic rings. The first-order chi connectivity index (χ1) is 9.08. The molecule has 0 bridgehead atoms. The molecule has 0 aliphatic carbocycles. The van der Waals surface area contributed by atoms with Crippen molar-refractivity contribution in [1.82, 2.24) is 10.6 Å². The van der Waals surface area contributed by atoms with E-state index in [-0.39, 0.29) is 23.9 Å². The molecule has 1 aromatic rings. The van der Waals surface area contributed by atoms with Crippen LogP contribution in [-0.4, -0.2) is 25.0 Å². The molecule has 104 valence electrons. The van der Waals surface area contributed by atoms with Gasteiger partial charge in [0.05, 0.1) is 6.42 Å². The maximum Gasteiger partial charge on any atom is 0.224 e. The number of hydrogen-bond donors (Lipinski definition) is 2. The van der Waals surface area contributed by atoms with Crippen LogP contribution >= 0.6 is 0 Å². The zero-order chi connectivity index (χ0) is 13.8. The highest BCUT2D eigenvalue weighted by Crippen LogP contribution is 2.15. The second-order valence-corrected chi connectivity index (χ2v) is 4.99. The van der Waals surface area contributed by atoms with Crippen LogP contribution in [0.3, 0.4) is 0 Å². The molecule has 1 aliphatic heterocycles. The molecular formula is C14H18F2N2O. The maximum absolute atomic E-state index is 13.4. The Hall–Kier alpha value is -1.49. The van der Waals surface area contributed by atoms with Gasteiger partial charge in [-0.3, -0.25) is 4.79 Å². The van der Waals surface area contributed by atoms with E-state index in [4.69, 9.17) is 0 Å². The molecule has 1 heterocycles. The Morgan fingerprint density at radius 1 is 1.47 bits per heavy atom. The van der Waals surface area contributed by atoms with Crippen molar-refractivity contribution in [3.05, 3.63) is 35.4 Å². The van der Waals surface area contributed by atoms with E-state index in [1.807, 2.05) is 6.92 Å². The minimum absolute atomic E-state index is 0.0114. The lowest BCUT2D eigenvalue weighted by atomic mass is 10.00. The third kappa shape index (κ3) is 3.50. The first-order valence-corrected chi connectivity index (χ1v) is 6.51. The van der Waals surface area contributed by atoms with Gasteiger partial charge >= 0.3 is 0 Å². The molecular weight excluding hydrogens is 250 g/mol. The number of rotatable bonds is 4. The smallest absolute Gasteiger partial charge is 0.224 e. The van der Waals surface area contributed by atoms with Crippen LogP contribution in [0.25, 0.3) is 0 Å². The zero-order valence-electron chi connectivity index (χ0n) is 10.9. The van der Waals surface area contributed by atoms with Gasteiger partial charge in [0.2, 0.25) is 5.91 Å². The van der Waals surface area contributed by atoms with Crippen LogP contribution in [-0.2, 0) is 11.2 Å². The number of benzene rings is 1. The first-order valence-electron chi connectivity index (χ1n) is 6.51. The zero-order valence-corrected chi connectivity index (χ0v) is 10.9. The van der Waals surface area contributed by atoms with Crippen LogP contribution in [0.15, 0.2) is 18.2 Å². The molecule has 0 saturated carbocycles. The highest BCUT2D eigenvalue weighted by molar-refractivity contribution is 5.79. The fraction of sp³-hybridized carbons (Fsp3) is 0.500. The van der Waals surface area contributed by atoms with Crippen molar-refractivity contribution in [3.63, 3.8) is 0 Å². The predicted molar refractivity (Wildman–Crippen MR) is 68.6 cm³/mol. The number of amides is 1. The summed E-state index contributed by atoms with van der Waals surface area (Å²) in [5.41, 5.74) is -0.170. The van der Waals surface area contributed by atoms with Crippen molar-refractivity contribution < 1.29 is 13.6 Å². The molecule has 2 atom stereocenters. The van der Waals surface area contributed by atoms with E-state index in [0.29, 0.717) is 5.92 Å². The van der Waals surface area contributed by atoms with Crippen LogP contribution < -0.4 is 10.6 Å². The first kappa shape index (κ1) is 13.9. The van der Waals surface area contributed by atoms with Gasteiger partial charge in [-0.25, -0.2) is 8.78 Å². The summed E-state index contributed by atoms with van der Waals surface area (Å²) in [4.78, 5) is 11.8. The van der Waals surface area contributed by atoms with Crippen LogP contribution in [0, 0.1) is 17.6 Å². The van der Waals surface area contributed by atoms with Crippen molar-refractivity contribution in [3.8, 4) is 0 Å². The van der Waals surface area contributed by atoms with Crippen molar-refractivity contribution in [2.75, 3.05) is 13.1 Å². The minimum Gasteiger partial charge on any atom is -0.353 e. The molecule has 2 rings (SSSR count). The van der Waals surface area contributed by atoms with Gasteiger partial charge in [0.25, 0.3) is 0 Å².